The van der Waals surface area contributed by atoms with E-state index in [1.165, 1.54) is 4.31 Å². The molecule has 3 nitrogen and oxygen atoms in total. The minimum Gasteiger partial charge on any atom is -0.207 e. The van der Waals surface area contributed by atoms with Gasteiger partial charge in [-0.25, -0.2) is 8.42 Å². The van der Waals surface area contributed by atoms with E-state index in [4.69, 9.17) is 0 Å². The number of aryl methyl sites for hydroxylation is 1. The Morgan fingerprint density at radius 2 is 1.73 bits per heavy atom. The average Bonchev–Trinajstić information content (AvgIpc) is 2.65. The fourth-order valence-electron chi connectivity index (χ4n) is 2.26. The third-order valence-corrected chi connectivity index (χ3v) is 5.55. The van der Waals surface area contributed by atoms with Crippen molar-refractivity contribution < 1.29 is 8.42 Å². The molecule has 0 atom stereocenters. The molecule has 0 saturated heterocycles. The first-order valence-electron chi connectivity index (χ1n) is 8.34. The van der Waals surface area contributed by atoms with E-state index in [2.05, 4.69) is 12.3 Å². The highest BCUT2D eigenvalue weighted by atomic mass is 32.2. The van der Waals surface area contributed by atoms with Crippen LogP contribution < -0.4 is 0 Å². The molecule has 0 aliphatic carbocycles. The Balaban J connectivity index is 2.22. The highest BCUT2D eigenvalue weighted by molar-refractivity contribution is 7.89. The third-order valence-electron chi connectivity index (χ3n) is 3.70. The lowest BCUT2D eigenvalue weighted by molar-refractivity contribution is 0.474. The molecule has 0 amide bonds. The normalized spacial score (nSPS) is 11.3. The first-order chi connectivity index (χ1) is 12.5. The largest absolute Gasteiger partial charge is 0.243 e. The molecule has 0 spiro atoms. The zero-order valence-corrected chi connectivity index (χ0v) is 15.7. The van der Waals surface area contributed by atoms with Crippen molar-refractivity contribution in [2.75, 3.05) is 13.1 Å². The molecule has 0 fully saturated rings. The van der Waals surface area contributed by atoms with Crippen LogP contribution in [0.1, 0.15) is 11.1 Å². The maximum atomic E-state index is 12.9. The van der Waals surface area contributed by atoms with Crippen molar-refractivity contribution in [1.29, 1.82) is 0 Å². The Hall–Kier alpha value is -2.65. The van der Waals surface area contributed by atoms with Crippen molar-refractivity contribution in [3.05, 3.63) is 102 Å². The maximum Gasteiger partial charge on any atom is 0.243 e. The van der Waals surface area contributed by atoms with E-state index < -0.39 is 10.0 Å². The SMILES string of the molecule is C=C/C=C/CN(CC=C=Cc1ccccc1)S(=O)(=O)c1ccc(C)cc1. The summed E-state index contributed by atoms with van der Waals surface area (Å²) in [7, 11) is -3.58. The van der Waals surface area contributed by atoms with Crippen molar-refractivity contribution in [2.45, 2.75) is 11.8 Å². The van der Waals surface area contributed by atoms with E-state index in [0.29, 0.717) is 0 Å². The molecule has 26 heavy (non-hydrogen) atoms. The van der Waals surface area contributed by atoms with Crippen molar-refractivity contribution in [3.8, 4) is 0 Å². The molecule has 0 N–H and O–H groups in total. The summed E-state index contributed by atoms with van der Waals surface area (Å²) in [6.45, 7) is 6.05. The lowest BCUT2D eigenvalue weighted by Gasteiger charge is -2.19. The van der Waals surface area contributed by atoms with E-state index >= 15 is 0 Å². The van der Waals surface area contributed by atoms with E-state index in [1.54, 1.807) is 48.6 Å². The van der Waals surface area contributed by atoms with Crippen LogP contribution in [0.3, 0.4) is 0 Å². The van der Waals surface area contributed by atoms with Crippen molar-refractivity contribution in [2.24, 2.45) is 0 Å². The van der Waals surface area contributed by atoms with Gasteiger partial charge < -0.3 is 0 Å². The molecule has 0 aliphatic rings. The van der Waals surface area contributed by atoms with Gasteiger partial charge in [-0.05, 0) is 36.8 Å². The molecule has 4 heteroatoms. The summed E-state index contributed by atoms with van der Waals surface area (Å²) in [5.74, 6) is 0. The Morgan fingerprint density at radius 3 is 2.38 bits per heavy atom. The van der Waals surface area contributed by atoms with Crippen LogP contribution >= 0.6 is 0 Å². The fraction of sp³-hybridized carbons (Fsp3) is 0.136. The van der Waals surface area contributed by atoms with Gasteiger partial charge in [0.1, 0.15) is 0 Å². The van der Waals surface area contributed by atoms with Gasteiger partial charge in [0.05, 0.1) is 4.90 Å². The summed E-state index contributed by atoms with van der Waals surface area (Å²) in [6.07, 6.45) is 8.69. The third kappa shape index (κ3) is 5.71. The van der Waals surface area contributed by atoms with Crippen LogP contribution in [0.2, 0.25) is 0 Å². The van der Waals surface area contributed by atoms with E-state index in [9.17, 15) is 8.42 Å². The van der Waals surface area contributed by atoms with Crippen LogP contribution in [0.4, 0.5) is 0 Å². The summed E-state index contributed by atoms with van der Waals surface area (Å²) >= 11 is 0. The van der Waals surface area contributed by atoms with Crippen molar-refractivity contribution in [3.63, 3.8) is 0 Å². The lowest BCUT2D eigenvalue weighted by Crippen LogP contribution is -2.31. The second kappa shape index (κ2) is 9.73. The first-order valence-corrected chi connectivity index (χ1v) is 9.78. The average molecular weight is 365 g/mol. The van der Waals surface area contributed by atoms with Gasteiger partial charge in [0.15, 0.2) is 0 Å². The summed E-state index contributed by atoms with van der Waals surface area (Å²) in [5, 5.41) is 0. The summed E-state index contributed by atoms with van der Waals surface area (Å²) in [4.78, 5) is 0.288. The van der Waals surface area contributed by atoms with Gasteiger partial charge in [-0.3, -0.25) is 0 Å². The maximum absolute atomic E-state index is 12.9. The Morgan fingerprint density at radius 1 is 1.04 bits per heavy atom. The molecule has 0 saturated carbocycles. The number of hydrogen-bond acceptors (Lipinski definition) is 2. The molecule has 0 unspecified atom stereocenters. The number of nitrogens with zero attached hydrogens (tertiary/aromatic N) is 1. The molecular formula is C22H23NO2S. The Bertz CT molecular complexity index is 904. The molecule has 2 aromatic rings. The fourth-order valence-corrected chi connectivity index (χ4v) is 3.59. The number of allylic oxidation sites excluding steroid dienone is 2. The van der Waals surface area contributed by atoms with E-state index in [-0.39, 0.29) is 18.0 Å². The molecule has 0 radical (unpaired) electrons. The van der Waals surface area contributed by atoms with Crippen LogP contribution in [0, 0.1) is 6.92 Å². The topological polar surface area (TPSA) is 37.4 Å². The molecular weight excluding hydrogens is 342 g/mol. The quantitative estimate of drug-likeness (QED) is 0.506. The Labute approximate surface area is 156 Å². The lowest BCUT2D eigenvalue weighted by atomic mass is 10.2. The molecule has 0 heterocycles. The number of benzene rings is 2. The minimum absolute atomic E-state index is 0.237. The first kappa shape index (κ1) is 19.7. The van der Waals surface area contributed by atoms with E-state index in [0.717, 1.165) is 11.1 Å². The van der Waals surface area contributed by atoms with Gasteiger partial charge >= 0.3 is 0 Å². The predicted molar refractivity (Wildman–Crippen MR) is 108 cm³/mol. The smallest absolute Gasteiger partial charge is 0.207 e. The molecule has 0 aliphatic heterocycles. The Kier molecular flexibility index (Phi) is 7.37. The number of rotatable bonds is 8. The van der Waals surface area contributed by atoms with Gasteiger partial charge in [0.2, 0.25) is 10.0 Å². The van der Waals surface area contributed by atoms with Crippen LogP contribution in [0.5, 0.6) is 0 Å². The van der Waals surface area contributed by atoms with Crippen LogP contribution in [-0.2, 0) is 10.0 Å². The van der Waals surface area contributed by atoms with Crippen molar-refractivity contribution in [1.82, 2.24) is 4.31 Å². The van der Waals surface area contributed by atoms with Gasteiger partial charge in [-0.2, -0.15) is 4.31 Å². The van der Waals surface area contributed by atoms with Gasteiger partial charge in [0, 0.05) is 13.1 Å². The van der Waals surface area contributed by atoms with Gasteiger partial charge in [0.25, 0.3) is 0 Å². The molecule has 0 aromatic heterocycles. The van der Waals surface area contributed by atoms with Crippen LogP contribution in [-0.4, -0.2) is 25.8 Å². The highest BCUT2D eigenvalue weighted by Crippen LogP contribution is 2.16. The standard InChI is InChI=1S/C22H23NO2S/c1-3-4-9-18-23(19-10-8-13-21-11-6-5-7-12-21)26(24,25)22-16-14-20(2)15-17-22/h3-7,9-17H,1,18-19H2,2H3/b9-4+. The highest BCUT2D eigenvalue weighted by Gasteiger charge is 2.22. The predicted octanol–water partition coefficient (Wildman–Crippen LogP) is 4.60. The number of sulfonamides is 1. The zero-order valence-electron chi connectivity index (χ0n) is 14.9. The number of hydrogen-bond donors (Lipinski definition) is 0. The summed E-state index contributed by atoms with van der Waals surface area (Å²) < 4.78 is 27.2. The minimum atomic E-state index is -3.58. The molecule has 134 valence electrons. The second-order valence-electron chi connectivity index (χ2n) is 5.72. The zero-order chi connectivity index (χ0) is 18.8. The van der Waals surface area contributed by atoms with Crippen LogP contribution in [0.25, 0.3) is 6.08 Å². The van der Waals surface area contributed by atoms with Gasteiger partial charge in [-0.1, -0.05) is 72.8 Å². The molecule has 2 rings (SSSR count). The van der Waals surface area contributed by atoms with E-state index in [1.807, 2.05) is 43.3 Å². The van der Waals surface area contributed by atoms with Crippen LogP contribution in [0.15, 0.2) is 96.1 Å². The molecule has 0 bridgehead atoms. The van der Waals surface area contributed by atoms with Crippen molar-refractivity contribution >= 4 is 16.1 Å². The summed E-state index contributed by atoms with van der Waals surface area (Å²) in [6, 6.07) is 16.7. The monoisotopic (exact) mass is 365 g/mol. The van der Waals surface area contributed by atoms with Gasteiger partial charge in [-0.15, -0.1) is 5.73 Å². The second-order valence-corrected chi connectivity index (χ2v) is 7.66. The molecule has 2 aromatic carbocycles. The summed E-state index contributed by atoms with van der Waals surface area (Å²) in [5.41, 5.74) is 5.09.